The average molecular weight is 390 g/mol. The van der Waals surface area contributed by atoms with Gasteiger partial charge in [0, 0.05) is 45.2 Å². The van der Waals surface area contributed by atoms with Crippen molar-refractivity contribution in [3.8, 4) is 0 Å². The molecule has 1 atom stereocenters. The molecule has 0 bridgehead atoms. The molecule has 0 N–H and O–H groups in total. The number of piperidine rings is 2. The highest BCUT2D eigenvalue weighted by atomic mass is 32.1. The fourth-order valence-corrected chi connectivity index (χ4v) is 5.29. The number of nitrogens with zero attached hydrogens (tertiary/aromatic N) is 3. The van der Waals surface area contributed by atoms with Crippen LogP contribution in [0.3, 0.4) is 0 Å². The first-order valence-electron chi connectivity index (χ1n) is 10.4. The number of carbonyl (C=O) groups excluding carboxylic acids is 2. The van der Waals surface area contributed by atoms with Crippen molar-refractivity contribution in [3.63, 3.8) is 0 Å². The van der Waals surface area contributed by atoms with Crippen LogP contribution in [0.5, 0.6) is 0 Å². The summed E-state index contributed by atoms with van der Waals surface area (Å²) in [5.74, 6) is 1.12. The predicted octanol–water partition coefficient (Wildman–Crippen LogP) is 2.82. The van der Waals surface area contributed by atoms with Gasteiger partial charge in [-0.25, -0.2) is 0 Å². The molecule has 0 radical (unpaired) electrons. The molecule has 3 aliphatic rings. The van der Waals surface area contributed by atoms with E-state index in [1.54, 1.807) is 11.3 Å². The summed E-state index contributed by atoms with van der Waals surface area (Å²) in [7, 11) is 1.93. The minimum atomic E-state index is 0.119. The lowest BCUT2D eigenvalue weighted by Gasteiger charge is -2.42. The molecule has 2 saturated heterocycles. The van der Waals surface area contributed by atoms with Crippen LogP contribution in [0.25, 0.3) is 0 Å². The summed E-state index contributed by atoms with van der Waals surface area (Å²) in [6.07, 6.45) is 6.40. The Balaban J connectivity index is 1.27. The van der Waals surface area contributed by atoms with Gasteiger partial charge in [0.05, 0.1) is 5.92 Å². The van der Waals surface area contributed by atoms with E-state index in [1.165, 1.54) is 5.56 Å². The van der Waals surface area contributed by atoms with Gasteiger partial charge >= 0.3 is 0 Å². The minimum absolute atomic E-state index is 0.119. The molecule has 6 heteroatoms. The van der Waals surface area contributed by atoms with Crippen molar-refractivity contribution in [1.82, 2.24) is 14.7 Å². The number of rotatable bonds is 5. The molecule has 0 spiro atoms. The average Bonchev–Trinajstić information content (AvgIpc) is 3.44. The molecule has 2 aliphatic heterocycles. The third-order valence-electron chi connectivity index (χ3n) is 6.40. The Morgan fingerprint density at radius 3 is 2.56 bits per heavy atom. The molecule has 1 aliphatic carbocycles. The molecule has 1 aromatic heterocycles. The molecule has 3 fully saturated rings. The Kier molecular flexibility index (Phi) is 5.83. The van der Waals surface area contributed by atoms with Crippen molar-refractivity contribution >= 4 is 23.2 Å². The molecular formula is C21H31N3O2S. The highest BCUT2D eigenvalue weighted by Gasteiger charge is 2.37. The summed E-state index contributed by atoms with van der Waals surface area (Å²) < 4.78 is 0. The van der Waals surface area contributed by atoms with Gasteiger partial charge in [0.15, 0.2) is 0 Å². The zero-order valence-electron chi connectivity index (χ0n) is 16.3. The molecular weight excluding hydrogens is 358 g/mol. The Hall–Kier alpha value is -1.40. The summed E-state index contributed by atoms with van der Waals surface area (Å²) >= 11 is 1.68. The summed E-state index contributed by atoms with van der Waals surface area (Å²) in [6, 6.07) is 2.63. The van der Waals surface area contributed by atoms with E-state index in [0.717, 1.165) is 64.7 Å². The maximum atomic E-state index is 12.9. The van der Waals surface area contributed by atoms with Gasteiger partial charge in [0.2, 0.25) is 11.8 Å². The fourth-order valence-electron chi connectivity index (χ4n) is 4.63. The van der Waals surface area contributed by atoms with Crippen molar-refractivity contribution in [2.24, 2.45) is 11.8 Å². The summed E-state index contributed by atoms with van der Waals surface area (Å²) in [5.41, 5.74) is 1.22. The van der Waals surface area contributed by atoms with Crippen molar-refractivity contribution < 1.29 is 9.59 Å². The maximum Gasteiger partial charge on any atom is 0.227 e. The summed E-state index contributed by atoms with van der Waals surface area (Å²) in [6.45, 7) is 4.48. The van der Waals surface area contributed by atoms with Gasteiger partial charge < -0.3 is 9.80 Å². The number of thiophene rings is 1. The van der Waals surface area contributed by atoms with Crippen LogP contribution in [0, 0.1) is 11.8 Å². The van der Waals surface area contributed by atoms with Crippen molar-refractivity contribution in [1.29, 1.82) is 0 Å². The normalized spacial score (nSPS) is 24.8. The Labute approximate surface area is 166 Å². The SMILES string of the molecule is CN(Cc1ccsc1)C(=O)C1CCCN(C2CCN(C(=O)C3CC3)CC2)C1. The third kappa shape index (κ3) is 4.54. The molecule has 3 heterocycles. The lowest BCUT2D eigenvalue weighted by Crippen LogP contribution is -2.51. The first-order chi connectivity index (χ1) is 13.1. The van der Waals surface area contributed by atoms with Crippen LogP contribution < -0.4 is 0 Å². The van der Waals surface area contributed by atoms with E-state index in [9.17, 15) is 9.59 Å². The van der Waals surface area contributed by atoms with Crippen molar-refractivity contribution in [2.45, 2.75) is 51.1 Å². The van der Waals surface area contributed by atoms with Gasteiger partial charge in [0.1, 0.15) is 0 Å². The second-order valence-corrected chi connectivity index (χ2v) is 9.27. The zero-order valence-corrected chi connectivity index (χ0v) is 17.1. The number of hydrogen-bond acceptors (Lipinski definition) is 4. The van der Waals surface area contributed by atoms with E-state index in [-0.39, 0.29) is 11.8 Å². The van der Waals surface area contributed by atoms with Gasteiger partial charge in [-0.15, -0.1) is 0 Å². The van der Waals surface area contributed by atoms with Gasteiger partial charge in [-0.05, 0) is 67.5 Å². The largest absolute Gasteiger partial charge is 0.342 e. The molecule has 1 aromatic rings. The smallest absolute Gasteiger partial charge is 0.227 e. The molecule has 4 rings (SSSR count). The number of carbonyl (C=O) groups is 2. The van der Waals surface area contributed by atoms with E-state index in [4.69, 9.17) is 0 Å². The van der Waals surface area contributed by atoms with E-state index in [2.05, 4.69) is 26.6 Å². The second-order valence-electron chi connectivity index (χ2n) is 8.49. The van der Waals surface area contributed by atoms with Crippen LogP contribution >= 0.6 is 11.3 Å². The molecule has 1 saturated carbocycles. The third-order valence-corrected chi connectivity index (χ3v) is 7.13. The first-order valence-corrected chi connectivity index (χ1v) is 11.3. The van der Waals surface area contributed by atoms with E-state index in [1.807, 2.05) is 11.9 Å². The zero-order chi connectivity index (χ0) is 18.8. The highest BCUT2D eigenvalue weighted by Crippen LogP contribution is 2.33. The van der Waals surface area contributed by atoms with Gasteiger partial charge in [0.25, 0.3) is 0 Å². The Morgan fingerprint density at radius 2 is 1.89 bits per heavy atom. The van der Waals surface area contributed by atoms with E-state index < -0.39 is 0 Å². The second kappa shape index (κ2) is 8.31. The monoisotopic (exact) mass is 389 g/mol. The minimum Gasteiger partial charge on any atom is -0.342 e. The molecule has 0 aromatic carbocycles. The van der Waals surface area contributed by atoms with Crippen LogP contribution in [0.2, 0.25) is 0 Å². The first kappa shape index (κ1) is 18.9. The lowest BCUT2D eigenvalue weighted by atomic mass is 9.92. The molecule has 148 valence electrons. The highest BCUT2D eigenvalue weighted by molar-refractivity contribution is 7.07. The molecule has 2 amide bonds. The van der Waals surface area contributed by atoms with E-state index in [0.29, 0.717) is 24.4 Å². The molecule has 5 nitrogen and oxygen atoms in total. The van der Waals surface area contributed by atoms with Crippen LogP contribution in [-0.4, -0.2) is 65.8 Å². The Morgan fingerprint density at radius 1 is 1.11 bits per heavy atom. The number of amides is 2. The molecule has 1 unspecified atom stereocenters. The van der Waals surface area contributed by atoms with E-state index >= 15 is 0 Å². The number of likely N-dealkylation sites (tertiary alicyclic amines) is 2. The lowest BCUT2D eigenvalue weighted by molar-refractivity contribution is -0.137. The summed E-state index contributed by atoms with van der Waals surface area (Å²) in [4.78, 5) is 31.7. The fraction of sp³-hybridized carbons (Fsp3) is 0.714. The van der Waals surface area contributed by atoms with Crippen molar-refractivity contribution in [2.75, 3.05) is 33.2 Å². The standard InChI is InChI=1S/C21H31N3O2S/c1-22(13-16-8-12-27-15-16)20(25)18-3-2-9-24(14-18)19-6-10-23(11-7-19)21(26)17-4-5-17/h8,12,15,17-19H,2-7,9-11,13-14H2,1H3. The topological polar surface area (TPSA) is 43.9 Å². The maximum absolute atomic E-state index is 12.9. The van der Waals surface area contributed by atoms with Gasteiger partial charge in [-0.1, -0.05) is 0 Å². The van der Waals surface area contributed by atoms with Crippen LogP contribution in [-0.2, 0) is 16.1 Å². The summed E-state index contributed by atoms with van der Waals surface area (Å²) in [5, 5.41) is 4.18. The van der Waals surface area contributed by atoms with Crippen molar-refractivity contribution in [3.05, 3.63) is 22.4 Å². The predicted molar refractivity (Wildman–Crippen MR) is 107 cm³/mol. The van der Waals surface area contributed by atoms with Crippen LogP contribution in [0.1, 0.15) is 44.1 Å². The number of hydrogen-bond donors (Lipinski definition) is 0. The molecule has 27 heavy (non-hydrogen) atoms. The van der Waals surface area contributed by atoms with Crippen LogP contribution in [0.4, 0.5) is 0 Å². The van der Waals surface area contributed by atoms with Crippen LogP contribution in [0.15, 0.2) is 16.8 Å². The Bertz CT molecular complexity index is 650. The quantitative estimate of drug-likeness (QED) is 0.778. The van der Waals surface area contributed by atoms with Gasteiger partial charge in [-0.3, -0.25) is 14.5 Å². The van der Waals surface area contributed by atoms with Gasteiger partial charge in [-0.2, -0.15) is 11.3 Å².